The van der Waals surface area contributed by atoms with E-state index in [4.69, 9.17) is 4.74 Å². The number of likely N-dealkylation sites (tertiary alicyclic amines) is 1. The average Bonchev–Trinajstić information content (AvgIpc) is 2.45. The van der Waals surface area contributed by atoms with Gasteiger partial charge >= 0.3 is 0 Å². The number of fused-ring (bicyclic) bond motifs is 1. The summed E-state index contributed by atoms with van der Waals surface area (Å²) in [5.41, 5.74) is 1.20. The van der Waals surface area contributed by atoms with Crippen LogP contribution in [0.2, 0.25) is 0 Å². The van der Waals surface area contributed by atoms with Crippen molar-refractivity contribution in [3.63, 3.8) is 0 Å². The molecule has 1 fully saturated rings. The SMILES string of the molecule is COc1ccc(CN2CC(C)(NC(C)=O)C2)c2ccccc12. The molecule has 22 heavy (non-hydrogen) atoms. The van der Waals surface area contributed by atoms with E-state index in [0.29, 0.717) is 0 Å². The molecular weight excluding hydrogens is 276 g/mol. The van der Waals surface area contributed by atoms with E-state index in [-0.39, 0.29) is 11.4 Å². The lowest BCUT2D eigenvalue weighted by atomic mass is 9.91. The maximum Gasteiger partial charge on any atom is 0.217 e. The number of carbonyl (C=O) groups is 1. The van der Waals surface area contributed by atoms with Crippen molar-refractivity contribution in [1.29, 1.82) is 0 Å². The fourth-order valence-electron chi connectivity index (χ4n) is 3.45. The van der Waals surface area contributed by atoms with Crippen molar-refractivity contribution in [1.82, 2.24) is 10.2 Å². The van der Waals surface area contributed by atoms with Gasteiger partial charge in [0.15, 0.2) is 0 Å². The lowest BCUT2D eigenvalue weighted by Crippen LogP contribution is -2.67. The molecule has 3 rings (SSSR count). The summed E-state index contributed by atoms with van der Waals surface area (Å²) >= 11 is 0. The fraction of sp³-hybridized carbons (Fsp3) is 0.389. The van der Waals surface area contributed by atoms with Crippen LogP contribution in [0.25, 0.3) is 10.8 Å². The third-order valence-corrected chi connectivity index (χ3v) is 4.21. The van der Waals surface area contributed by atoms with Crippen LogP contribution in [0, 0.1) is 0 Å². The van der Waals surface area contributed by atoms with Crippen molar-refractivity contribution in [3.05, 3.63) is 42.0 Å². The van der Waals surface area contributed by atoms with Crippen LogP contribution in [0.15, 0.2) is 36.4 Å². The summed E-state index contributed by atoms with van der Waals surface area (Å²) in [7, 11) is 1.70. The Morgan fingerprint density at radius 2 is 1.91 bits per heavy atom. The summed E-state index contributed by atoms with van der Waals surface area (Å²) in [5.74, 6) is 0.947. The van der Waals surface area contributed by atoms with Gasteiger partial charge in [0.2, 0.25) is 5.91 Å². The quantitative estimate of drug-likeness (QED) is 0.943. The maximum absolute atomic E-state index is 11.2. The molecule has 4 heteroatoms. The minimum absolute atomic E-state index is 0.0389. The molecule has 1 N–H and O–H groups in total. The molecule has 116 valence electrons. The normalized spacial score (nSPS) is 17.0. The van der Waals surface area contributed by atoms with Crippen molar-refractivity contribution < 1.29 is 9.53 Å². The standard InChI is InChI=1S/C18H22N2O2/c1-13(21)19-18(2)11-20(12-18)10-14-8-9-17(22-3)16-7-5-4-6-15(14)16/h4-9H,10-12H2,1-3H3,(H,19,21). The third kappa shape index (κ3) is 2.79. The van der Waals surface area contributed by atoms with Crippen LogP contribution in [0.1, 0.15) is 19.4 Å². The summed E-state index contributed by atoms with van der Waals surface area (Å²) in [5, 5.41) is 5.40. The molecule has 1 aliphatic rings. The molecular formula is C18H22N2O2. The second kappa shape index (κ2) is 5.61. The number of nitrogens with one attached hydrogen (secondary N) is 1. The second-order valence-electron chi connectivity index (χ2n) is 6.36. The van der Waals surface area contributed by atoms with Crippen LogP contribution in [0.3, 0.4) is 0 Å². The molecule has 1 saturated heterocycles. The first kappa shape index (κ1) is 14.9. The van der Waals surface area contributed by atoms with Gasteiger partial charge in [-0.3, -0.25) is 9.69 Å². The van der Waals surface area contributed by atoms with Gasteiger partial charge in [0.05, 0.1) is 12.6 Å². The summed E-state index contributed by atoms with van der Waals surface area (Å²) in [6.07, 6.45) is 0. The molecule has 0 bridgehead atoms. The highest BCUT2D eigenvalue weighted by Gasteiger charge is 2.39. The number of carbonyl (C=O) groups excluding carboxylic acids is 1. The maximum atomic E-state index is 11.2. The van der Waals surface area contributed by atoms with Gasteiger partial charge in [-0.2, -0.15) is 0 Å². The molecule has 2 aromatic carbocycles. The van der Waals surface area contributed by atoms with E-state index in [2.05, 4.69) is 41.4 Å². The van der Waals surface area contributed by atoms with Crippen molar-refractivity contribution >= 4 is 16.7 Å². The predicted octanol–water partition coefficient (Wildman–Crippen LogP) is 2.56. The highest BCUT2D eigenvalue weighted by atomic mass is 16.5. The fourth-order valence-corrected chi connectivity index (χ4v) is 3.45. The molecule has 0 unspecified atom stereocenters. The molecule has 0 aliphatic carbocycles. The largest absolute Gasteiger partial charge is 0.496 e. The van der Waals surface area contributed by atoms with E-state index < -0.39 is 0 Å². The number of hydrogen-bond donors (Lipinski definition) is 1. The zero-order valence-corrected chi connectivity index (χ0v) is 13.3. The van der Waals surface area contributed by atoms with Gasteiger partial charge in [-0.15, -0.1) is 0 Å². The first-order chi connectivity index (χ1) is 10.5. The Kier molecular flexibility index (Phi) is 3.79. The van der Waals surface area contributed by atoms with Gasteiger partial charge in [-0.05, 0) is 23.9 Å². The van der Waals surface area contributed by atoms with Gasteiger partial charge in [-0.1, -0.05) is 30.3 Å². The van der Waals surface area contributed by atoms with Gasteiger partial charge < -0.3 is 10.1 Å². The molecule has 0 radical (unpaired) electrons. The Morgan fingerprint density at radius 1 is 1.23 bits per heavy atom. The number of amides is 1. The van der Waals surface area contributed by atoms with E-state index in [1.165, 1.54) is 10.9 Å². The summed E-state index contributed by atoms with van der Waals surface area (Å²) < 4.78 is 5.44. The molecule has 0 atom stereocenters. The monoisotopic (exact) mass is 298 g/mol. The molecule has 1 aliphatic heterocycles. The first-order valence-electron chi connectivity index (χ1n) is 7.56. The van der Waals surface area contributed by atoms with E-state index in [1.807, 2.05) is 12.1 Å². The van der Waals surface area contributed by atoms with Crippen molar-refractivity contribution in [2.24, 2.45) is 0 Å². The number of hydrogen-bond acceptors (Lipinski definition) is 3. The first-order valence-corrected chi connectivity index (χ1v) is 7.56. The Bertz CT molecular complexity index is 705. The Hall–Kier alpha value is -2.07. The smallest absolute Gasteiger partial charge is 0.217 e. The zero-order chi connectivity index (χ0) is 15.7. The van der Waals surface area contributed by atoms with Crippen LogP contribution in [0.5, 0.6) is 5.75 Å². The highest BCUT2D eigenvalue weighted by Crippen LogP contribution is 2.31. The minimum atomic E-state index is -0.0892. The zero-order valence-electron chi connectivity index (χ0n) is 13.3. The van der Waals surface area contributed by atoms with E-state index in [0.717, 1.165) is 30.8 Å². The lowest BCUT2D eigenvalue weighted by Gasteiger charge is -2.48. The second-order valence-corrected chi connectivity index (χ2v) is 6.36. The minimum Gasteiger partial charge on any atom is -0.496 e. The van der Waals surface area contributed by atoms with Gasteiger partial charge in [0.25, 0.3) is 0 Å². The van der Waals surface area contributed by atoms with Crippen LogP contribution in [-0.4, -0.2) is 36.5 Å². The molecule has 2 aromatic rings. The summed E-state index contributed by atoms with van der Waals surface area (Å²) in [4.78, 5) is 13.6. The van der Waals surface area contributed by atoms with Gasteiger partial charge in [0.1, 0.15) is 5.75 Å². The lowest BCUT2D eigenvalue weighted by molar-refractivity contribution is -0.123. The van der Waals surface area contributed by atoms with E-state index in [1.54, 1.807) is 14.0 Å². The van der Waals surface area contributed by atoms with E-state index in [9.17, 15) is 4.79 Å². The topological polar surface area (TPSA) is 41.6 Å². The number of benzene rings is 2. The predicted molar refractivity (Wildman–Crippen MR) is 88.0 cm³/mol. The number of nitrogens with zero attached hydrogens (tertiary/aromatic N) is 1. The molecule has 1 heterocycles. The van der Waals surface area contributed by atoms with Crippen molar-refractivity contribution in [2.75, 3.05) is 20.2 Å². The Balaban J connectivity index is 1.78. The van der Waals surface area contributed by atoms with Gasteiger partial charge in [0, 0.05) is 31.9 Å². The van der Waals surface area contributed by atoms with Crippen LogP contribution in [0.4, 0.5) is 0 Å². The molecule has 4 nitrogen and oxygen atoms in total. The molecule has 0 aromatic heterocycles. The Labute approximate surface area is 131 Å². The number of ether oxygens (including phenoxy) is 1. The average molecular weight is 298 g/mol. The van der Waals surface area contributed by atoms with Crippen LogP contribution >= 0.6 is 0 Å². The molecule has 1 amide bonds. The van der Waals surface area contributed by atoms with Crippen molar-refractivity contribution in [3.8, 4) is 5.75 Å². The summed E-state index contributed by atoms with van der Waals surface area (Å²) in [6.45, 7) is 6.32. The summed E-state index contributed by atoms with van der Waals surface area (Å²) in [6, 6.07) is 12.5. The van der Waals surface area contributed by atoms with Crippen molar-refractivity contribution in [2.45, 2.75) is 25.9 Å². The van der Waals surface area contributed by atoms with Gasteiger partial charge in [-0.25, -0.2) is 0 Å². The highest BCUT2D eigenvalue weighted by molar-refractivity contribution is 5.91. The Morgan fingerprint density at radius 3 is 2.55 bits per heavy atom. The molecule has 0 saturated carbocycles. The third-order valence-electron chi connectivity index (χ3n) is 4.21. The van der Waals surface area contributed by atoms with Crippen LogP contribution < -0.4 is 10.1 Å². The number of methoxy groups -OCH3 is 1. The number of rotatable bonds is 4. The van der Waals surface area contributed by atoms with E-state index >= 15 is 0 Å². The molecule has 0 spiro atoms. The van der Waals surface area contributed by atoms with Crippen LogP contribution in [-0.2, 0) is 11.3 Å².